The van der Waals surface area contributed by atoms with E-state index in [-0.39, 0.29) is 5.60 Å². The van der Waals surface area contributed by atoms with Crippen molar-refractivity contribution >= 4 is 11.6 Å². The van der Waals surface area contributed by atoms with Crippen LogP contribution in [0.2, 0.25) is 0 Å². The number of ether oxygens (including phenoxy) is 1. The molecule has 2 fully saturated rings. The highest BCUT2D eigenvalue weighted by Crippen LogP contribution is 2.47. The maximum atomic E-state index is 6.38. The van der Waals surface area contributed by atoms with Crippen molar-refractivity contribution in [1.82, 2.24) is 0 Å². The van der Waals surface area contributed by atoms with Gasteiger partial charge in [-0.05, 0) is 70.1 Å². The zero-order valence-corrected chi connectivity index (χ0v) is 14.5. The molecule has 1 nitrogen and oxygen atoms in total. The maximum Gasteiger partial charge on any atom is 0.0631 e. The summed E-state index contributed by atoms with van der Waals surface area (Å²) in [4.78, 5) is 0. The molecular formula is C18H33ClO. The third-order valence-corrected chi connectivity index (χ3v) is 6.20. The highest BCUT2D eigenvalue weighted by molar-refractivity contribution is 6.18. The van der Waals surface area contributed by atoms with E-state index in [4.69, 9.17) is 16.3 Å². The van der Waals surface area contributed by atoms with Crippen molar-refractivity contribution in [2.24, 2.45) is 11.3 Å². The summed E-state index contributed by atoms with van der Waals surface area (Å²) in [5.41, 5.74) is 0.464. The molecule has 118 valence electrons. The molecule has 0 aromatic rings. The van der Waals surface area contributed by atoms with Crippen molar-refractivity contribution in [2.75, 3.05) is 5.88 Å². The first kappa shape index (κ1) is 16.6. The average molecular weight is 301 g/mol. The zero-order valence-electron chi connectivity index (χ0n) is 13.7. The first-order valence-corrected chi connectivity index (χ1v) is 9.26. The monoisotopic (exact) mass is 300 g/mol. The van der Waals surface area contributed by atoms with Crippen molar-refractivity contribution in [3.8, 4) is 0 Å². The first-order valence-electron chi connectivity index (χ1n) is 8.72. The summed E-state index contributed by atoms with van der Waals surface area (Å²) in [7, 11) is 0. The van der Waals surface area contributed by atoms with Gasteiger partial charge in [0, 0.05) is 5.88 Å². The number of hydrogen-bond acceptors (Lipinski definition) is 1. The van der Waals surface area contributed by atoms with Gasteiger partial charge in [0.15, 0.2) is 0 Å². The second-order valence-electron chi connectivity index (χ2n) is 7.96. The molecule has 20 heavy (non-hydrogen) atoms. The van der Waals surface area contributed by atoms with Gasteiger partial charge in [0.2, 0.25) is 0 Å². The summed E-state index contributed by atoms with van der Waals surface area (Å²) < 4.78 is 6.21. The van der Waals surface area contributed by atoms with Crippen molar-refractivity contribution in [3.63, 3.8) is 0 Å². The lowest BCUT2D eigenvalue weighted by Gasteiger charge is -2.40. The minimum atomic E-state index is 0.0937. The van der Waals surface area contributed by atoms with E-state index in [9.17, 15) is 0 Å². The summed E-state index contributed by atoms with van der Waals surface area (Å²) in [6, 6.07) is 0. The Labute approximate surface area is 130 Å². The van der Waals surface area contributed by atoms with Crippen molar-refractivity contribution in [1.29, 1.82) is 0 Å². The van der Waals surface area contributed by atoms with Gasteiger partial charge in [-0.3, -0.25) is 0 Å². The summed E-state index contributed by atoms with van der Waals surface area (Å²) in [5.74, 6) is 1.79. The van der Waals surface area contributed by atoms with Gasteiger partial charge in [-0.15, -0.1) is 11.6 Å². The minimum Gasteiger partial charge on any atom is -0.372 e. The molecular weight excluding hydrogens is 268 g/mol. The molecule has 1 heterocycles. The van der Waals surface area contributed by atoms with E-state index < -0.39 is 0 Å². The first-order chi connectivity index (χ1) is 9.49. The Kier molecular flexibility index (Phi) is 5.82. The van der Waals surface area contributed by atoms with Crippen molar-refractivity contribution in [3.05, 3.63) is 0 Å². The Hall–Kier alpha value is 0.250. The second-order valence-corrected chi connectivity index (χ2v) is 8.23. The van der Waals surface area contributed by atoms with E-state index in [0.717, 1.165) is 11.8 Å². The van der Waals surface area contributed by atoms with Gasteiger partial charge < -0.3 is 4.74 Å². The van der Waals surface area contributed by atoms with Crippen LogP contribution < -0.4 is 0 Å². The molecule has 0 aromatic carbocycles. The van der Waals surface area contributed by atoms with Gasteiger partial charge in [0.25, 0.3) is 0 Å². The molecule has 0 aromatic heterocycles. The quantitative estimate of drug-likeness (QED) is 0.552. The fraction of sp³-hybridized carbons (Fsp3) is 1.00. The van der Waals surface area contributed by atoms with Crippen LogP contribution in [0.5, 0.6) is 0 Å². The topological polar surface area (TPSA) is 9.23 Å². The Morgan fingerprint density at radius 1 is 1.10 bits per heavy atom. The summed E-state index contributed by atoms with van der Waals surface area (Å²) in [6.07, 6.45) is 13.7. The molecule has 2 aliphatic rings. The maximum absolute atomic E-state index is 6.38. The Balaban J connectivity index is 1.83. The molecule has 2 rings (SSSR count). The summed E-state index contributed by atoms with van der Waals surface area (Å²) >= 11 is 6.38. The van der Waals surface area contributed by atoms with Crippen LogP contribution >= 0.6 is 11.6 Å². The predicted octanol–water partition coefficient (Wildman–Crippen LogP) is 5.94. The van der Waals surface area contributed by atoms with E-state index in [1.165, 1.54) is 64.2 Å². The average Bonchev–Trinajstić information content (AvgIpc) is 2.77. The minimum absolute atomic E-state index is 0.0937. The third kappa shape index (κ3) is 4.37. The van der Waals surface area contributed by atoms with Crippen LogP contribution in [-0.2, 0) is 4.74 Å². The molecule has 1 aliphatic heterocycles. The molecule has 0 bridgehead atoms. The number of halogens is 1. The summed E-state index contributed by atoms with van der Waals surface area (Å²) in [6.45, 7) is 6.75. The molecule has 1 unspecified atom stereocenters. The normalized spacial score (nSPS) is 37.2. The SMILES string of the molecule is CCCCC1CCC(CCl)(CC2CCC(C)(C)O2)CC1. The Morgan fingerprint density at radius 3 is 2.30 bits per heavy atom. The van der Waals surface area contributed by atoms with Gasteiger partial charge in [-0.2, -0.15) is 0 Å². The molecule has 0 N–H and O–H groups in total. The Bertz CT molecular complexity index is 292. The van der Waals surface area contributed by atoms with Crippen LogP contribution in [0.3, 0.4) is 0 Å². The smallest absolute Gasteiger partial charge is 0.0631 e. The van der Waals surface area contributed by atoms with Crippen LogP contribution in [0.4, 0.5) is 0 Å². The predicted molar refractivity (Wildman–Crippen MR) is 87.4 cm³/mol. The summed E-state index contributed by atoms with van der Waals surface area (Å²) in [5, 5.41) is 0. The van der Waals surface area contributed by atoms with Crippen LogP contribution in [0.1, 0.15) is 85.0 Å². The molecule has 1 aliphatic carbocycles. The second kappa shape index (κ2) is 7.01. The van der Waals surface area contributed by atoms with E-state index in [1.54, 1.807) is 0 Å². The largest absolute Gasteiger partial charge is 0.372 e. The molecule has 0 spiro atoms. The fourth-order valence-electron chi connectivity index (χ4n) is 4.17. The van der Waals surface area contributed by atoms with Gasteiger partial charge >= 0.3 is 0 Å². The van der Waals surface area contributed by atoms with E-state index in [1.807, 2.05) is 0 Å². The number of rotatable bonds is 6. The van der Waals surface area contributed by atoms with E-state index >= 15 is 0 Å². The van der Waals surface area contributed by atoms with Crippen LogP contribution in [-0.4, -0.2) is 17.6 Å². The van der Waals surface area contributed by atoms with Gasteiger partial charge in [-0.1, -0.05) is 26.2 Å². The Morgan fingerprint density at radius 2 is 1.80 bits per heavy atom. The molecule has 1 saturated carbocycles. The van der Waals surface area contributed by atoms with Crippen molar-refractivity contribution in [2.45, 2.75) is 96.7 Å². The fourth-order valence-corrected chi connectivity index (χ4v) is 4.54. The van der Waals surface area contributed by atoms with Crippen LogP contribution in [0, 0.1) is 11.3 Å². The van der Waals surface area contributed by atoms with Crippen molar-refractivity contribution < 1.29 is 4.74 Å². The van der Waals surface area contributed by atoms with Gasteiger partial charge in [-0.25, -0.2) is 0 Å². The molecule has 0 radical (unpaired) electrons. The molecule has 2 heteroatoms. The lowest BCUT2D eigenvalue weighted by molar-refractivity contribution is -0.0396. The highest BCUT2D eigenvalue weighted by atomic mass is 35.5. The zero-order chi connectivity index (χ0) is 14.6. The van der Waals surface area contributed by atoms with E-state index in [2.05, 4.69) is 20.8 Å². The van der Waals surface area contributed by atoms with E-state index in [0.29, 0.717) is 11.5 Å². The number of unbranched alkanes of at least 4 members (excludes halogenated alkanes) is 1. The third-order valence-electron chi connectivity index (χ3n) is 5.63. The van der Waals surface area contributed by atoms with Gasteiger partial charge in [0.05, 0.1) is 11.7 Å². The lowest BCUT2D eigenvalue weighted by atomic mass is 9.68. The number of alkyl halides is 1. The van der Waals surface area contributed by atoms with Gasteiger partial charge in [0.1, 0.15) is 0 Å². The van der Waals surface area contributed by atoms with Crippen LogP contribution in [0.15, 0.2) is 0 Å². The molecule has 1 atom stereocenters. The molecule has 0 amide bonds. The number of hydrogen-bond donors (Lipinski definition) is 0. The standard InChI is InChI=1S/C18H33ClO/c1-4-5-6-15-7-11-18(14-19,12-8-15)13-16-9-10-17(2,3)20-16/h15-16H,4-14H2,1-3H3. The van der Waals surface area contributed by atoms with Crippen LogP contribution in [0.25, 0.3) is 0 Å². The highest BCUT2D eigenvalue weighted by Gasteiger charge is 2.40. The lowest BCUT2D eigenvalue weighted by Crippen LogP contribution is -2.34. The molecule has 1 saturated heterocycles.